The van der Waals surface area contributed by atoms with Crippen LogP contribution in [0.25, 0.3) is 22.0 Å². The van der Waals surface area contributed by atoms with Crippen LogP contribution in [0, 0.1) is 13.8 Å². The van der Waals surface area contributed by atoms with Crippen LogP contribution in [-0.4, -0.2) is 52.5 Å². The van der Waals surface area contributed by atoms with Crippen LogP contribution in [0.1, 0.15) is 24.0 Å². The van der Waals surface area contributed by atoms with Crippen LogP contribution in [-0.2, 0) is 0 Å². The quantitative estimate of drug-likeness (QED) is 0.664. The smallest absolute Gasteiger partial charge is 0.407 e. The highest BCUT2D eigenvalue weighted by molar-refractivity contribution is 6.01. The minimum absolute atomic E-state index is 0.00706. The number of aryl methyl sites for hydroxylation is 2. The summed E-state index contributed by atoms with van der Waals surface area (Å²) >= 11 is 0. The zero-order chi connectivity index (χ0) is 21.3. The van der Waals surface area contributed by atoms with E-state index in [1.807, 2.05) is 32.0 Å². The monoisotopic (exact) mass is 406 g/mol. The Bertz CT molecular complexity index is 1100. The number of carboxylic acid groups (broad SMARTS) is 1. The van der Waals surface area contributed by atoms with Crippen LogP contribution in [0.15, 0.2) is 36.4 Å². The number of hydrogen-bond donors (Lipinski definition) is 2. The Morgan fingerprint density at radius 3 is 2.67 bits per heavy atom. The van der Waals surface area contributed by atoms with Gasteiger partial charge in [0, 0.05) is 35.5 Å². The van der Waals surface area contributed by atoms with E-state index >= 15 is 0 Å². The Morgan fingerprint density at radius 1 is 1.13 bits per heavy atom. The number of benzene rings is 2. The lowest BCUT2D eigenvalue weighted by molar-refractivity contribution is 0.133. The van der Waals surface area contributed by atoms with Gasteiger partial charge in [0.15, 0.2) is 5.82 Å². The summed E-state index contributed by atoms with van der Waals surface area (Å²) in [7, 11) is 1.66. The summed E-state index contributed by atoms with van der Waals surface area (Å²) in [4.78, 5) is 12.8. The van der Waals surface area contributed by atoms with Gasteiger partial charge in [-0.25, -0.2) is 4.79 Å². The van der Waals surface area contributed by atoms with Crippen molar-refractivity contribution in [3.63, 3.8) is 0 Å². The van der Waals surface area contributed by atoms with Gasteiger partial charge in [0.05, 0.1) is 7.11 Å². The van der Waals surface area contributed by atoms with Gasteiger partial charge in [-0.05, 0) is 50.5 Å². The van der Waals surface area contributed by atoms with E-state index in [0.717, 1.165) is 51.7 Å². The molecule has 7 heteroatoms. The molecule has 1 saturated heterocycles. The number of carbonyl (C=O) groups is 1. The number of nitrogens with zero attached hydrogens (tertiary/aromatic N) is 3. The van der Waals surface area contributed by atoms with Crippen molar-refractivity contribution in [2.75, 3.05) is 25.5 Å². The first kappa shape index (κ1) is 19.9. The molecule has 1 unspecified atom stereocenters. The molecule has 4 rings (SSSR count). The summed E-state index contributed by atoms with van der Waals surface area (Å²) in [6, 6.07) is 12.3. The van der Waals surface area contributed by atoms with E-state index in [-0.39, 0.29) is 6.04 Å². The van der Waals surface area contributed by atoms with Crippen molar-refractivity contribution in [2.45, 2.75) is 32.7 Å². The van der Waals surface area contributed by atoms with Crippen LogP contribution in [0.5, 0.6) is 5.75 Å². The molecule has 1 amide bonds. The van der Waals surface area contributed by atoms with Crippen LogP contribution >= 0.6 is 0 Å². The Hall–Kier alpha value is -3.35. The second kappa shape index (κ2) is 8.18. The SMILES string of the molecule is COc1cc(C)ccc1-c1nnc(NC2CCCN(C(=O)O)C2)c2cc(C)ccc12. The molecule has 0 spiro atoms. The topological polar surface area (TPSA) is 87.6 Å². The lowest BCUT2D eigenvalue weighted by Gasteiger charge is -2.31. The minimum Gasteiger partial charge on any atom is -0.496 e. The van der Waals surface area contributed by atoms with Gasteiger partial charge in [-0.1, -0.05) is 23.8 Å². The fourth-order valence-electron chi connectivity index (χ4n) is 4.03. The number of likely N-dealkylation sites (tertiary alicyclic amines) is 1. The van der Waals surface area contributed by atoms with E-state index in [4.69, 9.17) is 4.74 Å². The number of anilines is 1. The van der Waals surface area contributed by atoms with Gasteiger partial charge in [0.2, 0.25) is 0 Å². The largest absolute Gasteiger partial charge is 0.496 e. The van der Waals surface area contributed by atoms with Gasteiger partial charge in [-0.3, -0.25) is 0 Å². The van der Waals surface area contributed by atoms with E-state index < -0.39 is 6.09 Å². The van der Waals surface area contributed by atoms with Gasteiger partial charge in [-0.2, -0.15) is 0 Å². The van der Waals surface area contributed by atoms with Gasteiger partial charge in [0.25, 0.3) is 0 Å². The lowest BCUT2D eigenvalue weighted by atomic mass is 10.0. The predicted molar refractivity (Wildman–Crippen MR) is 117 cm³/mol. The lowest BCUT2D eigenvalue weighted by Crippen LogP contribution is -2.44. The molecular weight excluding hydrogens is 380 g/mol. The molecule has 7 nitrogen and oxygen atoms in total. The number of fused-ring (bicyclic) bond motifs is 1. The highest BCUT2D eigenvalue weighted by atomic mass is 16.5. The number of amides is 1. The van der Waals surface area contributed by atoms with E-state index in [2.05, 4.69) is 33.7 Å². The minimum atomic E-state index is -0.880. The van der Waals surface area contributed by atoms with E-state index in [9.17, 15) is 9.90 Å². The van der Waals surface area contributed by atoms with E-state index in [1.165, 1.54) is 4.90 Å². The number of aromatic nitrogens is 2. The third-order valence-corrected chi connectivity index (χ3v) is 5.58. The molecule has 0 saturated carbocycles. The maximum atomic E-state index is 11.4. The molecule has 0 radical (unpaired) electrons. The molecule has 30 heavy (non-hydrogen) atoms. The van der Waals surface area contributed by atoms with Crippen molar-refractivity contribution in [3.05, 3.63) is 47.5 Å². The van der Waals surface area contributed by atoms with Gasteiger partial charge < -0.3 is 20.1 Å². The number of nitrogens with one attached hydrogen (secondary N) is 1. The summed E-state index contributed by atoms with van der Waals surface area (Å²) in [5, 5.41) is 23.8. The van der Waals surface area contributed by atoms with Gasteiger partial charge in [-0.15, -0.1) is 10.2 Å². The molecule has 1 aliphatic heterocycles. The molecule has 1 aromatic heterocycles. The number of methoxy groups -OCH3 is 1. The highest BCUT2D eigenvalue weighted by Crippen LogP contribution is 2.36. The summed E-state index contributed by atoms with van der Waals surface area (Å²) in [5.74, 6) is 1.44. The average Bonchev–Trinajstić information content (AvgIpc) is 2.74. The molecular formula is C23H26N4O3. The first-order chi connectivity index (χ1) is 14.5. The second-order valence-electron chi connectivity index (χ2n) is 7.86. The number of ether oxygens (including phenoxy) is 1. The van der Waals surface area contributed by atoms with E-state index in [1.54, 1.807) is 7.11 Å². The fourth-order valence-corrected chi connectivity index (χ4v) is 4.03. The molecule has 2 heterocycles. The van der Waals surface area contributed by atoms with Gasteiger partial charge >= 0.3 is 6.09 Å². The van der Waals surface area contributed by atoms with Crippen molar-refractivity contribution in [1.29, 1.82) is 0 Å². The second-order valence-corrected chi connectivity index (χ2v) is 7.86. The Kier molecular flexibility index (Phi) is 5.44. The first-order valence-electron chi connectivity index (χ1n) is 10.1. The molecule has 0 aliphatic carbocycles. The molecule has 1 fully saturated rings. The standard InChI is InChI=1S/C23H26N4O3/c1-14-6-8-17-19(11-14)22(24-16-5-4-10-27(13-16)23(28)29)26-25-21(17)18-9-7-15(2)12-20(18)30-3/h6-9,11-12,16H,4-5,10,13H2,1-3H3,(H,24,26)(H,28,29). The summed E-state index contributed by atoms with van der Waals surface area (Å²) in [6.45, 7) is 5.09. The normalized spacial score (nSPS) is 16.5. The number of hydrogen-bond acceptors (Lipinski definition) is 5. The van der Waals surface area contributed by atoms with Crippen molar-refractivity contribution in [2.24, 2.45) is 0 Å². The van der Waals surface area contributed by atoms with Crippen molar-refractivity contribution in [3.8, 4) is 17.0 Å². The Morgan fingerprint density at radius 2 is 1.90 bits per heavy atom. The summed E-state index contributed by atoms with van der Waals surface area (Å²) < 4.78 is 5.59. The average molecular weight is 406 g/mol. The number of rotatable bonds is 4. The summed E-state index contributed by atoms with van der Waals surface area (Å²) in [6.07, 6.45) is 0.842. The van der Waals surface area contributed by atoms with Crippen molar-refractivity contribution < 1.29 is 14.6 Å². The Labute approximate surface area is 175 Å². The molecule has 1 atom stereocenters. The Balaban J connectivity index is 1.76. The maximum absolute atomic E-state index is 11.4. The zero-order valence-corrected chi connectivity index (χ0v) is 17.5. The molecule has 2 N–H and O–H groups in total. The predicted octanol–water partition coefficient (Wildman–Crippen LogP) is 4.48. The third-order valence-electron chi connectivity index (χ3n) is 5.58. The summed E-state index contributed by atoms with van der Waals surface area (Å²) in [5.41, 5.74) is 3.90. The van der Waals surface area contributed by atoms with Crippen molar-refractivity contribution in [1.82, 2.24) is 15.1 Å². The zero-order valence-electron chi connectivity index (χ0n) is 17.5. The van der Waals surface area contributed by atoms with Gasteiger partial charge in [0.1, 0.15) is 11.4 Å². The number of piperidine rings is 1. The first-order valence-corrected chi connectivity index (χ1v) is 10.1. The fraction of sp³-hybridized carbons (Fsp3) is 0.348. The van der Waals surface area contributed by atoms with Crippen LogP contribution < -0.4 is 10.1 Å². The van der Waals surface area contributed by atoms with Crippen LogP contribution in [0.4, 0.5) is 10.6 Å². The third kappa shape index (κ3) is 3.87. The van der Waals surface area contributed by atoms with Crippen LogP contribution in [0.3, 0.4) is 0 Å². The maximum Gasteiger partial charge on any atom is 0.407 e. The molecule has 3 aromatic rings. The highest BCUT2D eigenvalue weighted by Gasteiger charge is 2.24. The molecule has 1 aliphatic rings. The van der Waals surface area contributed by atoms with E-state index in [0.29, 0.717) is 18.9 Å². The van der Waals surface area contributed by atoms with Crippen LogP contribution in [0.2, 0.25) is 0 Å². The molecule has 2 aromatic carbocycles. The molecule has 156 valence electrons. The van der Waals surface area contributed by atoms with Crippen molar-refractivity contribution >= 4 is 22.7 Å². The molecule has 0 bridgehead atoms.